The van der Waals surface area contributed by atoms with E-state index >= 15 is 0 Å². The number of amides is 2. The first-order valence-corrected chi connectivity index (χ1v) is 15.6. The Kier molecular flexibility index (Phi) is 10.7. The lowest BCUT2D eigenvalue weighted by molar-refractivity contribution is -0.167. The monoisotopic (exact) mass is 648 g/mol. The van der Waals surface area contributed by atoms with Crippen LogP contribution in [0.25, 0.3) is 0 Å². The number of likely N-dealkylation sites (N-methyl/N-ethyl adjacent to an activating group) is 1. The number of hydrogen-bond donors (Lipinski definition) is 0. The average Bonchev–Trinajstić information content (AvgIpc) is 3.05. The van der Waals surface area contributed by atoms with Gasteiger partial charge in [-0.25, -0.2) is 14.6 Å². The number of thioether (sulfide) groups is 2. The number of aromatic nitrogens is 1. The zero-order chi connectivity index (χ0) is 32.6. The molecule has 1 saturated heterocycles. The van der Waals surface area contributed by atoms with Crippen molar-refractivity contribution in [3.05, 3.63) is 84.6 Å². The number of ether oxygens (including phenoxy) is 3. The van der Waals surface area contributed by atoms with Crippen molar-refractivity contribution in [3.8, 4) is 23.4 Å². The smallest absolute Gasteiger partial charge is 0.375 e. The minimum absolute atomic E-state index is 0.161. The molecule has 2 unspecified atom stereocenters. The van der Waals surface area contributed by atoms with E-state index in [1.54, 1.807) is 72.8 Å². The molecular formula is C32H32N4O7S2. The molecule has 1 aliphatic heterocycles. The Morgan fingerprint density at radius 1 is 0.933 bits per heavy atom. The molecule has 3 aromatic rings. The van der Waals surface area contributed by atoms with Crippen molar-refractivity contribution in [2.45, 2.75) is 48.9 Å². The molecular weight excluding hydrogens is 617 g/mol. The zero-order valence-corrected chi connectivity index (χ0v) is 26.8. The Hall–Kier alpha value is -4.54. The van der Waals surface area contributed by atoms with Crippen LogP contribution in [0.2, 0.25) is 0 Å². The number of pyridine rings is 1. The standard InChI is InChI=1S/C32H32N4O7S2/c1-5-25(22-17-18-26(41-4)34-21-22)36-27(37)31(2,44-29(39)42-23-13-8-6-9-14-23)35(3)28(38)32(36,19-12-20-33)45-30(40)43-24-15-10-7-11-16-24/h6-11,13-18,21,25H,5,12,19H2,1-4H3/t25?,31-,32?/m0/s1. The fraction of sp³-hybridized carbons (Fsp3) is 0.312. The summed E-state index contributed by atoms with van der Waals surface area (Å²) in [7, 11) is 2.86. The van der Waals surface area contributed by atoms with E-state index in [0.717, 1.165) is 4.90 Å². The van der Waals surface area contributed by atoms with Crippen LogP contribution in [0, 0.1) is 11.3 Å². The molecule has 2 amide bonds. The predicted molar refractivity (Wildman–Crippen MR) is 170 cm³/mol. The van der Waals surface area contributed by atoms with Crippen LogP contribution in [0.15, 0.2) is 79.0 Å². The van der Waals surface area contributed by atoms with Gasteiger partial charge in [0.1, 0.15) is 11.5 Å². The van der Waals surface area contributed by atoms with Crippen LogP contribution in [0.1, 0.15) is 44.7 Å². The summed E-state index contributed by atoms with van der Waals surface area (Å²) >= 11 is 1.07. The fourth-order valence-corrected chi connectivity index (χ4v) is 7.00. The Balaban J connectivity index is 1.82. The molecule has 13 heteroatoms. The molecule has 3 atom stereocenters. The number of carbonyl (C=O) groups is 4. The van der Waals surface area contributed by atoms with E-state index in [9.17, 15) is 24.4 Å². The van der Waals surface area contributed by atoms with Gasteiger partial charge in [-0.1, -0.05) is 49.4 Å². The van der Waals surface area contributed by atoms with Crippen molar-refractivity contribution in [1.82, 2.24) is 14.8 Å². The van der Waals surface area contributed by atoms with Crippen LogP contribution >= 0.6 is 23.5 Å². The maximum atomic E-state index is 14.8. The molecule has 234 valence electrons. The van der Waals surface area contributed by atoms with Crippen molar-refractivity contribution >= 4 is 45.9 Å². The number of hydrogen-bond acceptors (Lipinski definition) is 11. The average molecular weight is 649 g/mol. The van der Waals surface area contributed by atoms with Gasteiger partial charge in [0.15, 0.2) is 9.74 Å². The molecule has 11 nitrogen and oxygen atoms in total. The lowest BCUT2D eigenvalue weighted by atomic mass is 9.94. The van der Waals surface area contributed by atoms with Gasteiger partial charge in [-0.15, -0.1) is 0 Å². The third-order valence-corrected chi connectivity index (χ3v) is 9.59. The van der Waals surface area contributed by atoms with Crippen LogP contribution in [0.3, 0.4) is 0 Å². The summed E-state index contributed by atoms with van der Waals surface area (Å²) < 4.78 is 16.2. The maximum absolute atomic E-state index is 14.8. The number of rotatable bonds is 10. The van der Waals surface area contributed by atoms with E-state index in [1.807, 2.05) is 13.0 Å². The maximum Gasteiger partial charge on any atom is 0.375 e. The highest BCUT2D eigenvalue weighted by Gasteiger charge is 2.64. The molecule has 0 spiro atoms. The van der Waals surface area contributed by atoms with Crippen molar-refractivity contribution in [3.63, 3.8) is 0 Å². The van der Waals surface area contributed by atoms with E-state index in [-0.39, 0.29) is 24.3 Å². The highest BCUT2D eigenvalue weighted by atomic mass is 32.2. The third kappa shape index (κ3) is 7.08. The summed E-state index contributed by atoms with van der Waals surface area (Å²) in [5.41, 5.74) is 0.557. The number of piperazine rings is 1. The summed E-state index contributed by atoms with van der Waals surface area (Å²) in [6.45, 7) is 3.28. The van der Waals surface area contributed by atoms with Crippen LogP contribution in [0.4, 0.5) is 9.59 Å². The molecule has 0 bridgehead atoms. The Morgan fingerprint density at radius 3 is 2.00 bits per heavy atom. The number of carbonyl (C=O) groups excluding carboxylic acids is 4. The second-order valence-electron chi connectivity index (χ2n) is 10.1. The van der Waals surface area contributed by atoms with Crippen LogP contribution in [-0.2, 0) is 9.59 Å². The van der Waals surface area contributed by atoms with Gasteiger partial charge in [0, 0.05) is 32.2 Å². The number of methoxy groups -OCH3 is 1. The van der Waals surface area contributed by atoms with Gasteiger partial charge in [-0.2, -0.15) is 5.26 Å². The van der Waals surface area contributed by atoms with Crippen LogP contribution < -0.4 is 14.2 Å². The van der Waals surface area contributed by atoms with E-state index in [2.05, 4.69) is 4.98 Å². The van der Waals surface area contributed by atoms with Crippen molar-refractivity contribution in [2.75, 3.05) is 14.2 Å². The second-order valence-corrected chi connectivity index (χ2v) is 12.6. The predicted octanol–water partition coefficient (Wildman–Crippen LogP) is 6.42. The molecule has 2 aromatic carbocycles. The van der Waals surface area contributed by atoms with Crippen LogP contribution in [0.5, 0.6) is 17.4 Å². The van der Waals surface area contributed by atoms with E-state index in [1.165, 1.54) is 32.2 Å². The van der Waals surface area contributed by atoms with Crippen LogP contribution in [-0.4, -0.2) is 61.1 Å². The van der Waals surface area contributed by atoms with Gasteiger partial charge in [-0.05, 0) is 66.7 Å². The molecule has 4 rings (SSSR count). The highest BCUT2D eigenvalue weighted by Crippen LogP contribution is 2.51. The van der Waals surface area contributed by atoms with Gasteiger partial charge in [0.05, 0.1) is 19.2 Å². The topological polar surface area (TPSA) is 139 Å². The van der Waals surface area contributed by atoms with Gasteiger partial charge >= 0.3 is 10.6 Å². The number of nitriles is 1. The number of para-hydroxylation sites is 2. The number of benzene rings is 2. The van der Waals surface area contributed by atoms with Crippen molar-refractivity contribution < 1.29 is 33.4 Å². The van der Waals surface area contributed by atoms with E-state index in [4.69, 9.17) is 14.2 Å². The third-order valence-electron chi connectivity index (χ3n) is 7.33. The molecule has 1 fully saturated rings. The Labute approximate surface area is 269 Å². The molecule has 0 saturated carbocycles. The zero-order valence-electron chi connectivity index (χ0n) is 25.2. The largest absolute Gasteiger partial charge is 0.481 e. The van der Waals surface area contributed by atoms with E-state index in [0.29, 0.717) is 41.4 Å². The second kappa shape index (κ2) is 14.5. The van der Waals surface area contributed by atoms with E-state index < -0.39 is 38.2 Å². The minimum atomic E-state index is -1.91. The van der Waals surface area contributed by atoms with Crippen molar-refractivity contribution in [1.29, 1.82) is 5.26 Å². The molecule has 0 aliphatic carbocycles. The Bertz CT molecular complexity index is 1570. The SMILES string of the molecule is CCC(c1ccc(OC)nc1)N1C(=O)[C@](C)(SC(=O)Oc2ccccc2)N(C)C(=O)C1(CCC#N)SC(=O)Oc1ccccc1. The number of nitrogens with zero attached hydrogens (tertiary/aromatic N) is 4. The van der Waals surface area contributed by atoms with Crippen molar-refractivity contribution in [2.24, 2.45) is 0 Å². The lowest BCUT2D eigenvalue weighted by Gasteiger charge is -2.55. The Morgan fingerprint density at radius 2 is 1.51 bits per heavy atom. The molecule has 0 N–H and O–H groups in total. The quantitative estimate of drug-likeness (QED) is 0.225. The summed E-state index contributed by atoms with van der Waals surface area (Å²) in [4.78, 5) is 59.1. The first-order chi connectivity index (χ1) is 21.6. The highest BCUT2D eigenvalue weighted by molar-refractivity contribution is 8.15. The summed E-state index contributed by atoms with van der Waals surface area (Å²) in [6, 6.07) is 21.2. The molecule has 2 heterocycles. The molecule has 0 radical (unpaired) electrons. The minimum Gasteiger partial charge on any atom is -0.481 e. The van der Waals surface area contributed by atoms with Gasteiger partial charge in [0.2, 0.25) is 5.88 Å². The summed E-state index contributed by atoms with van der Waals surface area (Å²) in [5, 5.41) is 7.97. The first-order valence-electron chi connectivity index (χ1n) is 14.0. The summed E-state index contributed by atoms with van der Waals surface area (Å²) in [6.07, 6.45) is 1.47. The fourth-order valence-electron chi connectivity index (χ4n) is 4.98. The first kappa shape index (κ1) is 33.4. The molecule has 1 aromatic heterocycles. The van der Waals surface area contributed by atoms with Gasteiger partial charge in [-0.3, -0.25) is 9.59 Å². The lowest BCUT2D eigenvalue weighted by Crippen LogP contribution is -2.73. The van der Waals surface area contributed by atoms with Gasteiger partial charge < -0.3 is 24.0 Å². The summed E-state index contributed by atoms with van der Waals surface area (Å²) in [5.74, 6) is -0.439. The van der Waals surface area contributed by atoms with Gasteiger partial charge in [0.25, 0.3) is 11.8 Å². The molecule has 45 heavy (non-hydrogen) atoms. The molecule has 1 aliphatic rings. The normalized spacial score (nSPS) is 20.2.